The van der Waals surface area contributed by atoms with Gasteiger partial charge in [0, 0.05) is 10.5 Å². The van der Waals surface area contributed by atoms with Gasteiger partial charge in [0.25, 0.3) is 5.56 Å². The summed E-state index contributed by atoms with van der Waals surface area (Å²) in [5.41, 5.74) is 0.268. The fourth-order valence-electron chi connectivity index (χ4n) is 2.04. The smallest absolute Gasteiger partial charge is 0.254 e. The van der Waals surface area contributed by atoms with Crippen molar-refractivity contribution in [2.45, 2.75) is 6.54 Å². The summed E-state index contributed by atoms with van der Waals surface area (Å²) in [6, 6.07) is 9.41. The molecule has 0 radical (unpaired) electrons. The number of carbonyl (C=O) groups excluding carboxylic acids is 1. The number of anilines is 1. The molecule has 0 spiro atoms. The number of hydrogen-bond acceptors (Lipinski definition) is 4. The fraction of sp³-hybridized carbons (Fsp3) is 0.0625. The van der Waals surface area contributed by atoms with Crippen molar-refractivity contribution in [3.63, 3.8) is 0 Å². The van der Waals surface area contributed by atoms with E-state index in [4.69, 9.17) is 0 Å². The van der Waals surface area contributed by atoms with Crippen LogP contribution in [0.25, 0.3) is 10.6 Å². The van der Waals surface area contributed by atoms with E-state index in [2.05, 4.69) is 26.2 Å². The first-order valence-electron chi connectivity index (χ1n) is 6.88. The van der Waals surface area contributed by atoms with Crippen LogP contribution in [0.1, 0.15) is 0 Å². The largest absolute Gasteiger partial charge is 0.322 e. The Hall–Kier alpha value is -2.32. The molecule has 24 heavy (non-hydrogen) atoms. The number of hydrogen-bond donors (Lipinski definition) is 1. The molecule has 0 atom stereocenters. The summed E-state index contributed by atoms with van der Waals surface area (Å²) in [6.45, 7) is -0.244. The molecule has 122 valence electrons. The minimum absolute atomic E-state index is 0.0550. The van der Waals surface area contributed by atoms with Crippen molar-refractivity contribution in [2.24, 2.45) is 0 Å². The molecule has 1 N–H and O–H groups in total. The predicted octanol–water partition coefficient (Wildman–Crippen LogP) is 3.51. The second-order valence-corrected chi connectivity index (χ2v) is 6.75. The highest BCUT2D eigenvalue weighted by Crippen LogP contribution is 2.21. The maximum absolute atomic E-state index is 13.7. The molecular formula is C16H11BrFN3O2S. The van der Waals surface area contributed by atoms with Crippen LogP contribution in [0.5, 0.6) is 0 Å². The van der Waals surface area contributed by atoms with Crippen LogP contribution < -0.4 is 10.9 Å². The van der Waals surface area contributed by atoms with Gasteiger partial charge in [0.15, 0.2) is 0 Å². The van der Waals surface area contributed by atoms with Crippen molar-refractivity contribution >= 4 is 38.9 Å². The third-order valence-electron chi connectivity index (χ3n) is 3.17. The Balaban J connectivity index is 1.74. The lowest BCUT2D eigenvalue weighted by Crippen LogP contribution is -2.27. The third-order valence-corrected chi connectivity index (χ3v) is 4.56. The zero-order chi connectivity index (χ0) is 17.1. The summed E-state index contributed by atoms with van der Waals surface area (Å²) in [5, 5.41) is 4.33. The van der Waals surface area contributed by atoms with E-state index in [1.165, 1.54) is 40.4 Å². The summed E-state index contributed by atoms with van der Waals surface area (Å²) >= 11 is 4.62. The molecule has 1 aromatic carbocycles. The number of thiophene rings is 1. The average molecular weight is 408 g/mol. The predicted molar refractivity (Wildman–Crippen MR) is 94.5 cm³/mol. The van der Waals surface area contributed by atoms with Gasteiger partial charge in [-0.1, -0.05) is 22.0 Å². The number of benzene rings is 1. The maximum atomic E-state index is 13.7. The molecule has 2 heterocycles. The summed E-state index contributed by atoms with van der Waals surface area (Å²) in [4.78, 5) is 29.2. The number of halogens is 2. The number of rotatable bonds is 4. The van der Waals surface area contributed by atoms with E-state index < -0.39 is 11.7 Å². The van der Waals surface area contributed by atoms with E-state index in [9.17, 15) is 14.0 Å². The fourth-order valence-corrected chi connectivity index (χ4v) is 3.07. The lowest BCUT2D eigenvalue weighted by Gasteiger charge is -2.08. The van der Waals surface area contributed by atoms with Gasteiger partial charge in [-0.2, -0.15) is 0 Å². The van der Waals surface area contributed by atoms with Crippen LogP contribution in [-0.2, 0) is 11.3 Å². The van der Waals surface area contributed by atoms with E-state index in [0.717, 1.165) is 4.88 Å². The normalized spacial score (nSPS) is 10.6. The Morgan fingerprint density at radius 3 is 2.83 bits per heavy atom. The highest BCUT2D eigenvalue weighted by molar-refractivity contribution is 9.10. The molecule has 0 bridgehead atoms. The summed E-state index contributed by atoms with van der Waals surface area (Å²) in [6.07, 6.45) is 1.31. The van der Waals surface area contributed by atoms with Crippen LogP contribution in [0, 0.1) is 5.82 Å². The van der Waals surface area contributed by atoms with Crippen LogP contribution in [-0.4, -0.2) is 15.5 Å². The van der Waals surface area contributed by atoms with Crippen molar-refractivity contribution in [2.75, 3.05) is 5.32 Å². The second kappa shape index (κ2) is 7.06. The molecule has 5 nitrogen and oxygen atoms in total. The molecule has 2 aromatic heterocycles. The Labute approximate surface area is 148 Å². The standard InChI is InChI=1S/C16H11BrFN3O2S/c17-10-3-4-12(11(18)6-10)20-15(22)8-21-9-19-13(7-16(21)23)14-2-1-5-24-14/h1-7,9H,8H2,(H,20,22). The summed E-state index contributed by atoms with van der Waals surface area (Å²) in [5.74, 6) is -1.07. The van der Waals surface area contributed by atoms with Gasteiger partial charge in [-0.25, -0.2) is 9.37 Å². The Bertz CT molecular complexity index is 941. The minimum Gasteiger partial charge on any atom is -0.322 e. The Morgan fingerprint density at radius 1 is 1.33 bits per heavy atom. The molecule has 1 amide bonds. The molecule has 0 aliphatic carbocycles. The second-order valence-electron chi connectivity index (χ2n) is 4.89. The maximum Gasteiger partial charge on any atom is 0.254 e. The third kappa shape index (κ3) is 3.77. The molecule has 8 heteroatoms. The van der Waals surface area contributed by atoms with Crippen molar-refractivity contribution in [1.82, 2.24) is 9.55 Å². The molecule has 0 aliphatic heterocycles. The molecule has 3 rings (SSSR count). The number of aromatic nitrogens is 2. The van der Waals surface area contributed by atoms with E-state index >= 15 is 0 Å². The van der Waals surface area contributed by atoms with Gasteiger partial charge in [-0.15, -0.1) is 11.3 Å². The van der Waals surface area contributed by atoms with Crippen LogP contribution in [0.3, 0.4) is 0 Å². The van der Waals surface area contributed by atoms with Crippen molar-refractivity contribution in [3.05, 3.63) is 68.7 Å². The SMILES string of the molecule is O=C(Cn1cnc(-c2cccs2)cc1=O)Nc1ccc(Br)cc1F. The van der Waals surface area contributed by atoms with E-state index in [0.29, 0.717) is 10.2 Å². The van der Waals surface area contributed by atoms with E-state index in [1.54, 1.807) is 6.07 Å². The number of nitrogens with one attached hydrogen (secondary N) is 1. The van der Waals surface area contributed by atoms with E-state index in [-0.39, 0.29) is 17.8 Å². The molecule has 0 fully saturated rings. The first-order chi connectivity index (χ1) is 11.5. The molecular weight excluding hydrogens is 397 g/mol. The minimum atomic E-state index is -0.559. The van der Waals surface area contributed by atoms with Gasteiger partial charge in [-0.05, 0) is 29.6 Å². The van der Waals surface area contributed by atoms with Gasteiger partial charge in [0.1, 0.15) is 12.4 Å². The molecule has 0 unspecified atom stereocenters. The van der Waals surface area contributed by atoms with Crippen LogP contribution in [0.2, 0.25) is 0 Å². The average Bonchev–Trinajstić information content (AvgIpc) is 3.06. The molecule has 0 saturated carbocycles. The quantitative estimate of drug-likeness (QED) is 0.719. The topological polar surface area (TPSA) is 64.0 Å². The Kier molecular flexibility index (Phi) is 4.86. The van der Waals surface area contributed by atoms with E-state index in [1.807, 2.05) is 17.5 Å². The number of carbonyl (C=O) groups is 1. The van der Waals surface area contributed by atoms with Crippen molar-refractivity contribution < 1.29 is 9.18 Å². The zero-order valence-electron chi connectivity index (χ0n) is 12.2. The van der Waals surface area contributed by atoms with Crippen LogP contribution >= 0.6 is 27.3 Å². The van der Waals surface area contributed by atoms with Gasteiger partial charge < -0.3 is 5.32 Å². The van der Waals surface area contributed by atoms with Gasteiger partial charge in [0.05, 0.1) is 22.6 Å². The first-order valence-corrected chi connectivity index (χ1v) is 8.55. The Morgan fingerprint density at radius 2 is 2.17 bits per heavy atom. The first kappa shape index (κ1) is 16.5. The monoisotopic (exact) mass is 407 g/mol. The lowest BCUT2D eigenvalue weighted by molar-refractivity contribution is -0.116. The summed E-state index contributed by atoms with van der Waals surface area (Å²) in [7, 11) is 0. The number of amides is 1. The van der Waals surface area contributed by atoms with Gasteiger partial charge in [0.2, 0.25) is 5.91 Å². The molecule has 0 saturated heterocycles. The van der Waals surface area contributed by atoms with Gasteiger partial charge >= 0.3 is 0 Å². The van der Waals surface area contributed by atoms with Crippen molar-refractivity contribution in [3.8, 4) is 10.6 Å². The highest BCUT2D eigenvalue weighted by Gasteiger charge is 2.10. The lowest BCUT2D eigenvalue weighted by atomic mass is 10.3. The van der Waals surface area contributed by atoms with Crippen molar-refractivity contribution in [1.29, 1.82) is 0 Å². The van der Waals surface area contributed by atoms with Crippen LogP contribution in [0.15, 0.2) is 57.4 Å². The van der Waals surface area contributed by atoms with Crippen LogP contribution in [0.4, 0.5) is 10.1 Å². The zero-order valence-corrected chi connectivity index (χ0v) is 14.6. The van der Waals surface area contributed by atoms with Gasteiger partial charge in [-0.3, -0.25) is 14.2 Å². The summed E-state index contributed by atoms with van der Waals surface area (Å²) < 4.78 is 15.5. The molecule has 3 aromatic rings. The number of nitrogens with zero attached hydrogens (tertiary/aromatic N) is 2. The highest BCUT2D eigenvalue weighted by atomic mass is 79.9. The molecule has 0 aliphatic rings.